The SMILES string of the molecule is NC(=O)N(C1CCCC1)S(=O)(=O)O. The van der Waals surface area contributed by atoms with E-state index < -0.39 is 22.4 Å². The van der Waals surface area contributed by atoms with Crippen molar-refractivity contribution in [3.05, 3.63) is 0 Å². The number of carbonyl (C=O) groups excluding carboxylic acids is 1. The lowest BCUT2D eigenvalue weighted by Gasteiger charge is -2.22. The number of nitrogens with zero attached hydrogens (tertiary/aromatic N) is 1. The highest BCUT2D eigenvalue weighted by atomic mass is 32.2. The molecule has 1 aliphatic rings. The highest BCUT2D eigenvalue weighted by Crippen LogP contribution is 2.24. The van der Waals surface area contributed by atoms with Crippen molar-refractivity contribution in [2.75, 3.05) is 0 Å². The topological polar surface area (TPSA) is 101 Å². The van der Waals surface area contributed by atoms with E-state index in [0.29, 0.717) is 17.1 Å². The van der Waals surface area contributed by atoms with Gasteiger partial charge in [0.15, 0.2) is 0 Å². The molecule has 0 aromatic heterocycles. The molecule has 0 aromatic rings. The van der Waals surface area contributed by atoms with Gasteiger partial charge in [0.05, 0.1) is 6.04 Å². The first kappa shape index (κ1) is 10.3. The Morgan fingerprint density at radius 2 is 1.85 bits per heavy atom. The van der Waals surface area contributed by atoms with Crippen LogP contribution in [0.15, 0.2) is 0 Å². The van der Waals surface area contributed by atoms with Crippen molar-refractivity contribution in [2.45, 2.75) is 31.7 Å². The Labute approximate surface area is 76.6 Å². The molecule has 0 aromatic carbocycles. The van der Waals surface area contributed by atoms with Gasteiger partial charge >= 0.3 is 16.3 Å². The van der Waals surface area contributed by atoms with Crippen LogP contribution in [0.5, 0.6) is 0 Å². The summed E-state index contributed by atoms with van der Waals surface area (Å²) >= 11 is 0. The fourth-order valence-corrected chi connectivity index (χ4v) is 2.44. The number of hydrogen-bond acceptors (Lipinski definition) is 3. The van der Waals surface area contributed by atoms with E-state index in [0.717, 1.165) is 12.8 Å². The van der Waals surface area contributed by atoms with Crippen LogP contribution >= 0.6 is 0 Å². The molecule has 1 aliphatic carbocycles. The maximum atomic E-state index is 10.7. The molecule has 0 spiro atoms. The zero-order valence-electron chi connectivity index (χ0n) is 7.01. The van der Waals surface area contributed by atoms with Crippen molar-refractivity contribution in [1.29, 1.82) is 0 Å². The molecule has 3 N–H and O–H groups in total. The molecule has 13 heavy (non-hydrogen) atoms. The summed E-state index contributed by atoms with van der Waals surface area (Å²) in [5.74, 6) is 0. The van der Waals surface area contributed by atoms with Crippen LogP contribution in [-0.4, -0.2) is 29.3 Å². The summed E-state index contributed by atoms with van der Waals surface area (Å²) in [6.45, 7) is 0. The van der Waals surface area contributed by atoms with Crippen LogP contribution in [-0.2, 0) is 10.3 Å². The molecule has 0 unspecified atom stereocenters. The van der Waals surface area contributed by atoms with Crippen LogP contribution in [0, 0.1) is 0 Å². The fourth-order valence-electron chi connectivity index (χ4n) is 1.62. The van der Waals surface area contributed by atoms with Gasteiger partial charge in [0.1, 0.15) is 0 Å². The molecule has 0 saturated heterocycles. The highest BCUT2D eigenvalue weighted by molar-refractivity contribution is 7.84. The summed E-state index contributed by atoms with van der Waals surface area (Å²) in [6.07, 6.45) is 2.85. The standard InChI is InChI=1S/C6H12N2O4S/c7-6(9)8(13(10,11)12)5-3-1-2-4-5/h5H,1-4H2,(H2,7,9)(H,10,11,12). The highest BCUT2D eigenvalue weighted by Gasteiger charge is 2.33. The van der Waals surface area contributed by atoms with Gasteiger partial charge in [0.25, 0.3) is 0 Å². The maximum Gasteiger partial charge on any atom is 0.363 e. The van der Waals surface area contributed by atoms with Gasteiger partial charge in [-0.3, -0.25) is 4.55 Å². The summed E-state index contributed by atoms with van der Waals surface area (Å²) in [5, 5.41) is 0. The van der Waals surface area contributed by atoms with Crippen molar-refractivity contribution in [3.63, 3.8) is 0 Å². The summed E-state index contributed by atoms with van der Waals surface area (Å²) in [6, 6.07) is -1.58. The second-order valence-electron chi connectivity index (χ2n) is 3.05. The molecule has 2 amide bonds. The van der Waals surface area contributed by atoms with E-state index in [4.69, 9.17) is 10.3 Å². The Hall–Kier alpha value is -0.820. The molecule has 6 nitrogen and oxygen atoms in total. The molecule has 0 heterocycles. The number of nitrogens with two attached hydrogens (primary N) is 1. The van der Waals surface area contributed by atoms with Gasteiger partial charge in [-0.25, -0.2) is 4.79 Å². The van der Waals surface area contributed by atoms with Gasteiger partial charge in [-0.1, -0.05) is 12.8 Å². The number of primary amides is 1. The quantitative estimate of drug-likeness (QED) is 0.629. The minimum Gasteiger partial charge on any atom is -0.351 e. The number of rotatable bonds is 2. The molecule has 0 atom stereocenters. The lowest BCUT2D eigenvalue weighted by atomic mass is 10.2. The lowest BCUT2D eigenvalue weighted by Crippen LogP contribution is -2.46. The lowest BCUT2D eigenvalue weighted by molar-refractivity contribution is 0.216. The predicted octanol–water partition coefficient (Wildman–Crippen LogP) is 0.113. The molecular weight excluding hydrogens is 196 g/mol. The molecule has 0 aliphatic heterocycles. The van der Waals surface area contributed by atoms with Gasteiger partial charge < -0.3 is 5.73 Å². The zero-order valence-corrected chi connectivity index (χ0v) is 7.83. The average molecular weight is 208 g/mol. The molecule has 0 bridgehead atoms. The van der Waals surface area contributed by atoms with E-state index in [-0.39, 0.29) is 0 Å². The predicted molar refractivity (Wildman–Crippen MR) is 45.2 cm³/mol. The number of hydrogen-bond donors (Lipinski definition) is 2. The monoisotopic (exact) mass is 208 g/mol. The van der Waals surface area contributed by atoms with E-state index >= 15 is 0 Å². The van der Waals surface area contributed by atoms with Crippen molar-refractivity contribution in [2.24, 2.45) is 5.73 Å². The van der Waals surface area contributed by atoms with E-state index in [9.17, 15) is 13.2 Å². The molecule has 76 valence electrons. The Kier molecular flexibility index (Phi) is 2.77. The molecule has 1 saturated carbocycles. The van der Waals surface area contributed by atoms with Crippen molar-refractivity contribution in [1.82, 2.24) is 4.31 Å². The smallest absolute Gasteiger partial charge is 0.351 e. The Balaban J connectivity index is 2.85. The van der Waals surface area contributed by atoms with Crippen LogP contribution in [0.25, 0.3) is 0 Å². The van der Waals surface area contributed by atoms with Gasteiger partial charge in [-0.2, -0.15) is 12.7 Å². The van der Waals surface area contributed by atoms with Gasteiger partial charge in [-0.05, 0) is 12.8 Å². The summed E-state index contributed by atoms with van der Waals surface area (Å²) in [4.78, 5) is 10.7. The molecular formula is C6H12N2O4S. The maximum absolute atomic E-state index is 10.7. The largest absolute Gasteiger partial charge is 0.363 e. The zero-order chi connectivity index (χ0) is 10.1. The van der Waals surface area contributed by atoms with Crippen LogP contribution in [0.1, 0.15) is 25.7 Å². The summed E-state index contributed by atoms with van der Waals surface area (Å²) < 4.78 is 30.5. The molecule has 1 rings (SSSR count). The van der Waals surface area contributed by atoms with E-state index in [1.165, 1.54) is 0 Å². The Morgan fingerprint density at radius 1 is 1.38 bits per heavy atom. The normalized spacial score (nSPS) is 18.8. The van der Waals surface area contributed by atoms with Crippen LogP contribution in [0.3, 0.4) is 0 Å². The minimum atomic E-state index is -4.49. The first-order chi connectivity index (χ1) is 5.93. The van der Waals surface area contributed by atoms with Crippen molar-refractivity contribution >= 4 is 16.3 Å². The van der Waals surface area contributed by atoms with Crippen LogP contribution in [0.2, 0.25) is 0 Å². The Bertz CT molecular complexity index is 294. The number of urea groups is 1. The minimum absolute atomic E-state index is 0.361. The fraction of sp³-hybridized carbons (Fsp3) is 0.833. The second kappa shape index (κ2) is 3.51. The van der Waals surface area contributed by atoms with E-state index in [1.54, 1.807) is 0 Å². The molecule has 0 radical (unpaired) electrons. The molecule has 7 heteroatoms. The van der Waals surface area contributed by atoms with Gasteiger partial charge in [-0.15, -0.1) is 0 Å². The summed E-state index contributed by atoms with van der Waals surface area (Å²) in [5.41, 5.74) is 4.85. The number of amides is 2. The third kappa shape index (κ3) is 2.31. The van der Waals surface area contributed by atoms with Crippen LogP contribution in [0.4, 0.5) is 4.79 Å². The third-order valence-corrected chi connectivity index (χ3v) is 3.10. The molecule has 1 fully saturated rings. The van der Waals surface area contributed by atoms with Crippen LogP contribution < -0.4 is 5.73 Å². The number of carbonyl (C=O) groups is 1. The van der Waals surface area contributed by atoms with Gasteiger partial charge in [0.2, 0.25) is 0 Å². The Morgan fingerprint density at radius 3 is 2.15 bits per heavy atom. The van der Waals surface area contributed by atoms with Crippen molar-refractivity contribution in [3.8, 4) is 0 Å². The first-order valence-corrected chi connectivity index (χ1v) is 5.39. The summed E-state index contributed by atoms with van der Waals surface area (Å²) in [7, 11) is -4.49. The van der Waals surface area contributed by atoms with Crippen molar-refractivity contribution < 1.29 is 17.8 Å². The first-order valence-electron chi connectivity index (χ1n) is 3.99. The second-order valence-corrected chi connectivity index (χ2v) is 4.34. The van der Waals surface area contributed by atoms with Gasteiger partial charge in [0, 0.05) is 0 Å². The third-order valence-electron chi connectivity index (χ3n) is 2.12. The van der Waals surface area contributed by atoms with E-state index in [2.05, 4.69) is 0 Å². The average Bonchev–Trinajstić information content (AvgIpc) is 2.34. The van der Waals surface area contributed by atoms with E-state index in [1.807, 2.05) is 0 Å².